The van der Waals surface area contributed by atoms with Gasteiger partial charge in [-0.05, 0) is 49.9 Å². The number of benzene rings is 1. The fourth-order valence-corrected chi connectivity index (χ4v) is 1.98. The highest BCUT2D eigenvalue weighted by Gasteiger charge is 2.08. The lowest BCUT2D eigenvalue weighted by molar-refractivity contribution is -0.122. The molecule has 2 amide bonds. The zero-order valence-corrected chi connectivity index (χ0v) is 13.6. The maximum Gasteiger partial charge on any atom is 0.248 e. The second-order valence-electron chi connectivity index (χ2n) is 5.93. The Bertz CT molecular complexity index is 483. The number of primary amides is 1. The van der Waals surface area contributed by atoms with E-state index in [1.807, 2.05) is 6.92 Å². The molecule has 0 radical (unpaired) electrons. The van der Waals surface area contributed by atoms with Gasteiger partial charge in [-0.2, -0.15) is 0 Å². The van der Waals surface area contributed by atoms with Gasteiger partial charge < -0.3 is 15.8 Å². The zero-order valence-electron chi connectivity index (χ0n) is 13.6. The molecule has 122 valence electrons. The van der Waals surface area contributed by atoms with Gasteiger partial charge in [-0.25, -0.2) is 0 Å². The van der Waals surface area contributed by atoms with Crippen LogP contribution in [0.1, 0.15) is 50.4 Å². The molecule has 0 saturated carbocycles. The number of carbonyl (C=O) groups is 2. The van der Waals surface area contributed by atoms with Crippen molar-refractivity contribution in [2.24, 2.45) is 11.7 Å². The third-order valence-corrected chi connectivity index (χ3v) is 3.32. The van der Waals surface area contributed by atoms with Gasteiger partial charge in [0.25, 0.3) is 0 Å². The van der Waals surface area contributed by atoms with Crippen LogP contribution in [-0.2, 0) is 4.79 Å². The molecule has 1 rings (SSSR count). The van der Waals surface area contributed by atoms with Crippen molar-refractivity contribution in [3.63, 3.8) is 0 Å². The molecule has 1 aromatic rings. The highest BCUT2D eigenvalue weighted by molar-refractivity contribution is 5.92. The predicted molar refractivity (Wildman–Crippen MR) is 86.7 cm³/mol. The second-order valence-corrected chi connectivity index (χ2v) is 5.93. The number of amides is 2. The first-order valence-corrected chi connectivity index (χ1v) is 7.70. The van der Waals surface area contributed by atoms with Crippen molar-refractivity contribution < 1.29 is 14.3 Å². The third kappa shape index (κ3) is 7.11. The summed E-state index contributed by atoms with van der Waals surface area (Å²) in [5, 5.41) is 2.97. The fourth-order valence-electron chi connectivity index (χ4n) is 1.98. The van der Waals surface area contributed by atoms with Crippen molar-refractivity contribution in [3.05, 3.63) is 29.8 Å². The standard InChI is InChI=1S/C17H26N2O3/c1-12(2)4-5-13(3)19-16(20)10-11-22-15-8-6-14(7-9-15)17(18)21/h6-9,12-13H,4-5,10-11H2,1-3H3,(H2,18,21)(H,19,20)/t13-/m0/s1. The van der Waals surface area contributed by atoms with Gasteiger partial charge >= 0.3 is 0 Å². The van der Waals surface area contributed by atoms with Gasteiger partial charge in [0.1, 0.15) is 5.75 Å². The number of hydrogen-bond donors (Lipinski definition) is 2. The average molecular weight is 306 g/mol. The smallest absolute Gasteiger partial charge is 0.248 e. The van der Waals surface area contributed by atoms with E-state index < -0.39 is 5.91 Å². The van der Waals surface area contributed by atoms with Crippen molar-refractivity contribution in [1.82, 2.24) is 5.32 Å². The van der Waals surface area contributed by atoms with Crippen LogP contribution < -0.4 is 15.8 Å². The summed E-state index contributed by atoms with van der Waals surface area (Å²) < 4.78 is 5.48. The van der Waals surface area contributed by atoms with Crippen LogP contribution in [0.2, 0.25) is 0 Å². The Morgan fingerprint density at radius 1 is 1.14 bits per heavy atom. The van der Waals surface area contributed by atoms with Gasteiger partial charge in [-0.3, -0.25) is 9.59 Å². The number of ether oxygens (including phenoxy) is 1. The lowest BCUT2D eigenvalue weighted by atomic mass is 10.0. The molecule has 0 fully saturated rings. The van der Waals surface area contributed by atoms with Gasteiger partial charge in [-0.15, -0.1) is 0 Å². The average Bonchev–Trinajstić information content (AvgIpc) is 2.45. The second kappa shape index (κ2) is 9.07. The molecule has 0 spiro atoms. The van der Waals surface area contributed by atoms with Gasteiger partial charge in [-0.1, -0.05) is 13.8 Å². The largest absolute Gasteiger partial charge is 0.493 e. The van der Waals surface area contributed by atoms with Crippen molar-refractivity contribution in [2.75, 3.05) is 6.61 Å². The molecule has 1 aromatic carbocycles. The molecule has 3 N–H and O–H groups in total. The van der Waals surface area contributed by atoms with Crippen LogP contribution in [-0.4, -0.2) is 24.5 Å². The van der Waals surface area contributed by atoms with E-state index in [1.165, 1.54) is 0 Å². The normalized spacial score (nSPS) is 12.0. The van der Waals surface area contributed by atoms with Gasteiger partial charge in [0.15, 0.2) is 0 Å². The number of nitrogens with one attached hydrogen (secondary N) is 1. The number of rotatable bonds is 9. The first-order chi connectivity index (χ1) is 10.4. The highest BCUT2D eigenvalue weighted by Crippen LogP contribution is 2.12. The van der Waals surface area contributed by atoms with Crippen LogP contribution in [0.3, 0.4) is 0 Å². The Labute approximate surface area is 132 Å². The Morgan fingerprint density at radius 2 is 1.77 bits per heavy atom. The van der Waals surface area contributed by atoms with E-state index >= 15 is 0 Å². The van der Waals surface area contributed by atoms with Crippen LogP contribution in [0, 0.1) is 5.92 Å². The summed E-state index contributed by atoms with van der Waals surface area (Å²) in [6.45, 7) is 6.67. The summed E-state index contributed by atoms with van der Waals surface area (Å²) in [5.74, 6) is 0.781. The van der Waals surface area contributed by atoms with Crippen LogP contribution in [0.4, 0.5) is 0 Å². The zero-order chi connectivity index (χ0) is 16.5. The molecule has 0 aromatic heterocycles. The lowest BCUT2D eigenvalue weighted by Crippen LogP contribution is -2.33. The minimum atomic E-state index is -0.471. The number of carbonyl (C=O) groups excluding carboxylic acids is 2. The van der Waals surface area contributed by atoms with Crippen molar-refractivity contribution in [2.45, 2.75) is 46.1 Å². The van der Waals surface area contributed by atoms with E-state index in [4.69, 9.17) is 10.5 Å². The molecule has 0 aliphatic carbocycles. The minimum Gasteiger partial charge on any atom is -0.493 e. The predicted octanol–water partition coefficient (Wildman–Crippen LogP) is 2.50. The van der Waals surface area contributed by atoms with E-state index in [0.717, 1.165) is 12.8 Å². The van der Waals surface area contributed by atoms with E-state index in [-0.39, 0.29) is 11.9 Å². The van der Waals surface area contributed by atoms with E-state index in [1.54, 1.807) is 24.3 Å². The van der Waals surface area contributed by atoms with E-state index in [0.29, 0.717) is 30.3 Å². The van der Waals surface area contributed by atoms with Crippen LogP contribution in [0.25, 0.3) is 0 Å². The van der Waals surface area contributed by atoms with Crippen LogP contribution >= 0.6 is 0 Å². The summed E-state index contributed by atoms with van der Waals surface area (Å²) in [5.41, 5.74) is 5.59. The van der Waals surface area contributed by atoms with Gasteiger partial charge in [0.2, 0.25) is 11.8 Å². The molecule has 0 aliphatic heterocycles. The van der Waals surface area contributed by atoms with Crippen molar-refractivity contribution in [3.8, 4) is 5.75 Å². The molecule has 5 heteroatoms. The van der Waals surface area contributed by atoms with Gasteiger partial charge in [0.05, 0.1) is 13.0 Å². The molecule has 0 aliphatic rings. The van der Waals surface area contributed by atoms with Crippen LogP contribution in [0.15, 0.2) is 24.3 Å². The molecule has 0 heterocycles. The molecular weight excluding hydrogens is 280 g/mol. The Hall–Kier alpha value is -2.04. The summed E-state index contributed by atoms with van der Waals surface area (Å²) in [6, 6.07) is 6.73. The van der Waals surface area contributed by atoms with E-state index in [9.17, 15) is 9.59 Å². The Morgan fingerprint density at radius 3 is 2.32 bits per heavy atom. The molecule has 0 saturated heterocycles. The lowest BCUT2D eigenvalue weighted by Gasteiger charge is -2.15. The molecule has 22 heavy (non-hydrogen) atoms. The highest BCUT2D eigenvalue weighted by atomic mass is 16.5. The van der Waals surface area contributed by atoms with E-state index in [2.05, 4.69) is 19.2 Å². The molecule has 1 atom stereocenters. The fraction of sp³-hybridized carbons (Fsp3) is 0.529. The first-order valence-electron chi connectivity index (χ1n) is 7.70. The molecule has 0 bridgehead atoms. The maximum absolute atomic E-state index is 11.8. The summed E-state index contributed by atoms with van der Waals surface area (Å²) in [7, 11) is 0. The molecule has 0 unspecified atom stereocenters. The maximum atomic E-state index is 11.8. The van der Waals surface area contributed by atoms with Gasteiger partial charge in [0, 0.05) is 11.6 Å². The SMILES string of the molecule is CC(C)CC[C@H](C)NC(=O)CCOc1ccc(C(N)=O)cc1. The third-order valence-electron chi connectivity index (χ3n) is 3.32. The topological polar surface area (TPSA) is 81.4 Å². The first kappa shape index (κ1) is 18.0. The Kier molecular flexibility index (Phi) is 7.43. The Balaban J connectivity index is 2.25. The molecule has 5 nitrogen and oxygen atoms in total. The number of nitrogens with two attached hydrogens (primary N) is 1. The summed E-state index contributed by atoms with van der Waals surface area (Å²) >= 11 is 0. The quantitative estimate of drug-likeness (QED) is 0.735. The van der Waals surface area contributed by atoms with Crippen LogP contribution in [0.5, 0.6) is 5.75 Å². The minimum absolute atomic E-state index is 0.00925. The molecular formula is C17H26N2O3. The summed E-state index contributed by atoms with van der Waals surface area (Å²) in [4.78, 5) is 22.7. The summed E-state index contributed by atoms with van der Waals surface area (Å²) in [6.07, 6.45) is 2.40. The monoisotopic (exact) mass is 306 g/mol. The van der Waals surface area contributed by atoms with Crippen molar-refractivity contribution in [1.29, 1.82) is 0 Å². The van der Waals surface area contributed by atoms with Crippen molar-refractivity contribution >= 4 is 11.8 Å². The number of hydrogen-bond acceptors (Lipinski definition) is 3.